The molecule has 0 radical (unpaired) electrons. The van der Waals surface area contributed by atoms with E-state index in [2.05, 4.69) is 10.0 Å². The molecule has 2 aromatic carbocycles. The summed E-state index contributed by atoms with van der Waals surface area (Å²) in [6.07, 6.45) is 0.488. The van der Waals surface area contributed by atoms with Gasteiger partial charge in [0.15, 0.2) is 0 Å². The lowest BCUT2D eigenvalue weighted by atomic mass is 9.93. The number of carbonyl (C=O) groups excluding carboxylic acids is 1. The Morgan fingerprint density at radius 2 is 1.89 bits per heavy atom. The van der Waals surface area contributed by atoms with Gasteiger partial charge >= 0.3 is 0 Å². The van der Waals surface area contributed by atoms with Crippen LogP contribution < -0.4 is 10.0 Å². The fourth-order valence-electron chi connectivity index (χ4n) is 2.64. The number of sulfonamides is 1. The van der Waals surface area contributed by atoms with E-state index < -0.39 is 27.3 Å². The Labute approximate surface area is 164 Å². The van der Waals surface area contributed by atoms with E-state index in [9.17, 15) is 17.6 Å². The van der Waals surface area contributed by atoms with E-state index in [0.717, 1.165) is 0 Å². The van der Waals surface area contributed by atoms with Crippen LogP contribution in [0.1, 0.15) is 43.1 Å². The van der Waals surface area contributed by atoms with Crippen LogP contribution in [-0.2, 0) is 15.6 Å². The molecule has 0 aliphatic rings. The quantitative estimate of drug-likeness (QED) is 0.712. The first kappa shape index (κ1) is 21.2. The molecule has 0 aromatic heterocycles. The van der Waals surface area contributed by atoms with Crippen LogP contribution in [0.2, 0.25) is 5.02 Å². The molecule has 2 aromatic rings. The van der Waals surface area contributed by atoms with Gasteiger partial charge in [-0.1, -0.05) is 30.7 Å². The van der Waals surface area contributed by atoms with Crippen molar-refractivity contribution in [3.63, 3.8) is 0 Å². The topological polar surface area (TPSA) is 75.3 Å². The maximum absolute atomic E-state index is 13.3. The molecule has 27 heavy (non-hydrogen) atoms. The summed E-state index contributed by atoms with van der Waals surface area (Å²) in [5.41, 5.74) is 0.310. The lowest BCUT2D eigenvalue weighted by molar-refractivity contribution is 0.0912. The number of rotatable bonds is 7. The van der Waals surface area contributed by atoms with Crippen LogP contribution in [0, 0.1) is 5.82 Å². The zero-order valence-electron chi connectivity index (χ0n) is 15.3. The van der Waals surface area contributed by atoms with Crippen molar-refractivity contribution in [1.82, 2.24) is 5.32 Å². The number of benzene rings is 2. The highest BCUT2D eigenvalue weighted by Crippen LogP contribution is 2.29. The van der Waals surface area contributed by atoms with Crippen molar-refractivity contribution in [3.05, 3.63) is 64.4 Å². The molecule has 0 spiro atoms. The predicted molar refractivity (Wildman–Crippen MR) is 106 cm³/mol. The van der Waals surface area contributed by atoms with Gasteiger partial charge in [0.1, 0.15) is 5.82 Å². The highest BCUT2D eigenvalue weighted by molar-refractivity contribution is 7.92. The minimum absolute atomic E-state index is 0.000475. The fourth-order valence-corrected chi connectivity index (χ4v) is 4.17. The number of nitrogens with one attached hydrogen (secondary N) is 2. The Bertz CT molecular complexity index is 946. The van der Waals surface area contributed by atoms with Gasteiger partial charge in [0.2, 0.25) is 10.0 Å². The Hall–Kier alpha value is -2.12. The molecule has 8 heteroatoms. The van der Waals surface area contributed by atoms with Gasteiger partial charge in [-0.15, -0.1) is 0 Å². The first-order valence-electron chi connectivity index (χ1n) is 8.42. The van der Waals surface area contributed by atoms with Crippen LogP contribution >= 0.6 is 11.6 Å². The molecule has 0 bridgehead atoms. The van der Waals surface area contributed by atoms with E-state index in [-0.39, 0.29) is 16.3 Å². The van der Waals surface area contributed by atoms with Crippen molar-refractivity contribution in [2.24, 2.45) is 0 Å². The van der Waals surface area contributed by atoms with Crippen LogP contribution in [0.3, 0.4) is 0 Å². The maximum atomic E-state index is 13.3. The summed E-state index contributed by atoms with van der Waals surface area (Å²) in [5, 5.41) is 3.05. The minimum atomic E-state index is -3.45. The monoisotopic (exact) mass is 412 g/mol. The molecule has 146 valence electrons. The molecule has 0 atom stereocenters. The molecule has 2 rings (SSSR count). The highest BCUT2D eigenvalue weighted by atomic mass is 35.5. The first-order chi connectivity index (χ1) is 12.5. The summed E-state index contributed by atoms with van der Waals surface area (Å²) in [6, 6.07) is 10.2. The third kappa shape index (κ3) is 5.68. The van der Waals surface area contributed by atoms with E-state index in [0.29, 0.717) is 17.7 Å². The molecule has 0 saturated heterocycles. The second kappa shape index (κ2) is 8.27. The van der Waals surface area contributed by atoms with Gasteiger partial charge in [-0.3, -0.25) is 9.52 Å². The van der Waals surface area contributed by atoms with Gasteiger partial charge in [0, 0.05) is 16.3 Å². The minimum Gasteiger partial charge on any atom is -0.343 e. The summed E-state index contributed by atoms with van der Waals surface area (Å²) in [4.78, 5) is 12.6. The second-order valence-electron chi connectivity index (χ2n) is 6.71. The summed E-state index contributed by atoms with van der Waals surface area (Å²) >= 11 is 6.10. The Morgan fingerprint density at radius 1 is 1.19 bits per heavy atom. The average Bonchev–Trinajstić information content (AvgIpc) is 2.53. The van der Waals surface area contributed by atoms with Crippen LogP contribution in [-0.4, -0.2) is 20.1 Å². The van der Waals surface area contributed by atoms with Gasteiger partial charge in [-0.25, -0.2) is 12.8 Å². The van der Waals surface area contributed by atoms with E-state index in [1.54, 1.807) is 39.0 Å². The van der Waals surface area contributed by atoms with E-state index in [1.165, 1.54) is 24.3 Å². The zero-order chi connectivity index (χ0) is 20.2. The third-order valence-corrected chi connectivity index (χ3v) is 5.71. The zero-order valence-corrected chi connectivity index (χ0v) is 16.9. The number of amides is 1. The van der Waals surface area contributed by atoms with Crippen molar-refractivity contribution in [3.8, 4) is 0 Å². The van der Waals surface area contributed by atoms with Gasteiger partial charge in [-0.2, -0.15) is 0 Å². The van der Waals surface area contributed by atoms with Gasteiger partial charge in [0.25, 0.3) is 5.91 Å². The molecule has 0 aliphatic carbocycles. The number of hydrogen-bond acceptors (Lipinski definition) is 3. The molecular weight excluding hydrogens is 391 g/mol. The van der Waals surface area contributed by atoms with Crippen molar-refractivity contribution >= 4 is 33.2 Å². The third-order valence-electron chi connectivity index (χ3n) is 3.90. The lowest BCUT2D eigenvalue weighted by Gasteiger charge is -2.28. The average molecular weight is 413 g/mol. The Morgan fingerprint density at radius 3 is 2.52 bits per heavy atom. The van der Waals surface area contributed by atoms with Crippen molar-refractivity contribution < 1.29 is 17.6 Å². The van der Waals surface area contributed by atoms with E-state index in [4.69, 9.17) is 11.6 Å². The van der Waals surface area contributed by atoms with Crippen LogP contribution in [0.15, 0.2) is 42.5 Å². The highest BCUT2D eigenvalue weighted by Gasteiger charge is 2.26. The van der Waals surface area contributed by atoms with Crippen LogP contribution in [0.5, 0.6) is 0 Å². The summed E-state index contributed by atoms with van der Waals surface area (Å²) in [6.45, 7) is 5.27. The molecule has 0 heterocycles. The molecule has 0 fully saturated rings. The Balaban J connectivity index is 2.21. The van der Waals surface area contributed by atoms with Crippen molar-refractivity contribution in [2.45, 2.75) is 32.7 Å². The number of anilines is 1. The summed E-state index contributed by atoms with van der Waals surface area (Å²) < 4.78 is 39.5. The smallest absolute Gasteiger partial charge is 0.252 e. The number of halogens is 2. The van der Waals surface area contributed by atoms with Gasteiger partial charge < -0.3 is 5.32 Å². The summed E-state index contributed by atoms with van der Waals surface area (Å²) in [7, 11) is -3.45. The largest absolute Gasteiger partial charge is 0.343 e. The van der Waals surface area contributed by atoms with Crippen molar-refractivity contribution in [1.29, 1.82) is 0 Å². The first-order valence-corrected chi connectivity index (χ1v) is 10.5. The predicted octanol–water partition coefficient (Wildman–Crippen LogP) is 4.30. The van der Waals surface area contributed by atoms with Crippen LogP contribution in [0.25, 0.3) is 0 Å². The van der Waals surface area contributed by atoms with Crippen molar-refractivity contribution in [2.75, 3.05) is 10.5 Å². The molecular formula is C19H22ClFN2O3S. The number of hydrogen-bond donors (Lipinski definition) is 2. The normalized spacial score (nSPS) is 11.9. The molecule has 0 unspecified atom stereocenters. The molecule has 2 N–H and O–H groups in total. The molecule has 1 amide bonds. The second-order valence-corrected chi connectivity index (χ2v) is 8.95. The maximum Gasteiger partial charge on any atom is 0.252 e. The van der Waals surface area contributed by atoms with Gasteiger partial charge in [-0.05, 0) is 56.2 Å². The Kier molecular flexibility index (Phi) is 6.49. The summed E-state index contributed by atoms with van der Waals surface area (Å²) in [5.74, 6) is -0.866. The SMILES string of the molecule is CCCS(=O)(=O)Nc1cccc(C(=O)NC(C)(C)c2ccc(F)cc2Cl)c1. The molecule has 0 saturated carbocycles. The standard InChI is InChI=1S/C19H22ClFN2O3S/c1-4-10-27(25,26)23-15-7-5-6-13(11-15)18(24)22-19(2,3)16-9-8-14(21)12-17(16)20/h5-9,11-12,23H,4,10H2,1-3H3,(H,22,24). The molecule has 5 nitrogen and oxygen atoms in total. The number of carbonyl (C=O) groups is 1. The lowest BCUT2D eigenvalue weighted by Crippen LogP contribution is -2.41. The fraction of sp³-hybridized carbons (Fsp3) is 0.316. The van der Waals surface area contributed by atoms with E-state index in [1.807, 2.05) is 0 Å². The van der Waals surface area contributed by atoms with Gasteiger partial charge in [0.05, 0.1) is 11.3 Å². The molecule has 0 aliphatic heterocycles. The van der Waals surface area contributed by atoms with Crippen LogP contribution in [0.4, 0.5) is 10.1 Å². The van der Waals surface area contributed by atoms with E-state index >= 15 is 0 Å².